The Morgan fingerprint density at radius 3 is 2.00 bits per heavy atom. The smallest absolute Gasteiger partial charge is 0.0242 e. The standard InChI is InChI=1S/C6H11I/c1-5(2)6(3)4-7/h4-5H,1-3H3/b6-4+. The lowest BCUT2D eigenvalue weighted by Crippen LogP contribution is -1.84. The molecule has 0 aliphatic rings. The van der Waals surface area contributed by atoms with Crippen molar-refractivity contribution in [3.05, 3.63) is 9.66 Å². The van der Waals surface area contributed by atoms with Crippen molar-refractivity contribution >= 4 is 22.6 Å². The van der Waals surface area contributed by atoms with Gasteiger partial charge in [-0.1, -0.05) is 42.0 Å². The molecule has 0 aromatic rings. The fraction of sp³-hybridized carbons (Fsp3) is 0.667. The topological polar surface area (TPSA) is 0 Å². The van der Waals surface area contributed by atoms with Crippen LogP contribution in [-0.4, -0.2) is 0 Å². The summed E-state index contributed by atoms with van der Waals surface area (Å²) in [6, 6.07) is 0. The highest BCUT2D eigenvalue weighted by Gasteiger charge is 1.91. The van der Waals surface area contributed by atoms with Gasteiger partial charge in [0.15, 0.2) is 0 Å². The van der Waals surface area contributed by atoms with Crippen molar-refractivity contribution in [2.24, 2.45) is 5.92 Å². The Bertz CT molecular complexity index is 72.2. The monoisotopic (exact) mass is 210 g/mol. The molecule has 0 bridgehead atoms. The van der Waals surface area contributed by atoms with E-state index in [2.05, 4.69) is 47.4 Å². The van der Waals surface area contributed by atoms with E-state index in [-0.39, 0.29) is 0 Å². The Labute approximate surface area is 59.1 Å². The maximum Gasteiger partial charge on any atom is -0.0242 e. The molecular formula is C6H11I. The van der Waals surface area contributed by atoms with Gasteiger partial charge < -0.3 is 0 Å². The van der Waals surface area contributed by atoms with Crippen molar-refractivity contribution in [3.8, 4) is 0 Å². The third-order valence-electron chi connectivity index (χ3n) is 1.08. The third kappa shape index (κ3) is 3.09. The van der Waals surface area contributed by atoms with Gasteiger partial charge in [0.2, 0.25) is 0 Å². The zero-order chi connectivity index (χ0) is 5.86. The van der Waals surface area contributed by atoms with Crippen LogP contribution in [0.1, 0.15) is 20.8 Å². The largest absolute Gasteiger partial charge is 0.0647 e. The lowest BCUT2D eigenvalue weighted by Gasteiger charge is -1.99. The second-order valence-corrected chi connectivity index (χ2v) is 2.63. The quantitative estimate of drug-likeness (QED) is 0.583. The summed E-state index contributed by atoms with van der Waals surface area (Å²) in [6.07, 6.45) is 0. The summed E-state index contributed by atoms with van der Waals surface area (Å²) in [6.45, 7) is 6.55. The maximum absolute atomic E-state index is 2.27. The second-order valence-electron chi connectivity index (χ2n) is 2.01. The van der Waals surface area contributed by atoms with E-state index in [0.29, 0.717) is 0 Å². The van der Waals surface area contributed by atoms with E-state index in [0.717, 1.165) is 5.92 Å². The zero-order valence-corrected chi connectivity index (χ0v) is 7.19. The minimum Gasteiger partial charge on any atom is -0.0647 e. The Kier molecular flexibility index (Phi) is 3.70. The lowest BCUT2D eigenvalue weighted by molar-refractivity contribution is 0.773. The van der Waals surface area contributed by atoms with E-state index in [9.17, 15) is 0 Å². The summed E-state index contributed by atoms with van der Waals surface area (Å²) >= 11 is 2.27. The van der Waals surface area contributed by atoms with Crippen molar-refractivity contribution in [1.29, 1.82) is 0 Å². The van der Waals surface area contributed by atoms with Gasteiger partial charge in [-0.05, 0) is 16.9 Å². The molecule has 0 nitrogen and oxygen atoms in total. The lowest BCUT2D eigenvalue weighted by atomic mass is 10.1. The van der Waals surface area contributed by atoms with Crippen LogP contribution >= 0.6 is 22.6 Å². The molecule has 0 spiro atoms. The number of hydrogen-bond acceptors (Lipinski definition) is 0. The normalized spacial score (nSPS) is 13.0. The molecule has 1 heteroatoms. The Balaban J connectivity index is 3.56. The van der Waals surface area contributed by atoms with Crippen LogP contribution in [0, 0.1) is 5.92 Å². The average molecular weight is 210 g/mol. The van der Waals surface area contributed by atoms with E-state index >= 15 is 0 Å². The molecule has 0 saturated carbocycles. The average Bonchev–Trinajstić information content (AvgIpc) is 1.65. The molecule has 0 aromatic heterocycles. The molecule has 0 aromatic carbocycles. The first-order valence-corrected chi connectivity index (χ1v) is 3.70. The van der Waals surface area contributed by atoms with E-state index < -0.39 is 0 Å². The van der Waals surface area contributed by atoms with Crippen molar-refractivity contribution in [2.75, 3.05) is 0 Å². The molecule has 7 heavy (non-hydrogen) atoms. The van der Waals surface area contributed by atoms with Crippen LogP contribution in [0.4, 0.5) is 0 Å². The first-order chi connectivity index (χ1) is 3.18. The highest BCUT2D eigenvalue weighted by Crippen LogP contribution is 2.09. The van der Waals surface area contributed by atoms with E-state index in [4.69, 9.17) is 0 Å². The predicted molar refractivity (Wildman–Crippen MR) is 42.6 cm³/mol. The first kappa shape index (κ1) is 7.47. The fourth-order valence-corrected chi connectivity index (χ4v) is 0.845. The predicted octanol–water partition coefficient (Wildman–Crippen LogP) is 2.98. The number of rotatable bonds is 1. The van der Waals surface area contributed by atoms with Crippen LogP contribution < -0.4 is 0 Å². The van der Waals surface area contributed by atoms with Crippen molar-refractivity contribution in [3.63, 3.8) is 0 Å². The molecule has 0 fully saturated rings. The Morgan fingerprint density at radius 1 is 1.57 bits per heavy atom. The molecule has 0 unspecified atom stereocenters. The molecule has 0 N–H and O–H groups in total. The van der Waals surface area contributed by atoms with Gasteiger partial charge in [0.05, 0.1) is 0 Å². The van der Waals surface area contributed by atoms with E-state index in [1.165, 1.54) is 5.57 Å². The van der Waals surface area contributed by atoms with Crippen molar-refractivity contribution < 1.29 is 0 Å². The minimum atomic E-state index is 0.719. The zero-order valence-electron chi connectivity index (χ0n) is 5.03. The van der Waals surface area contributed by atoms with Crippen molar-refractivity contribution in [2.45, 2.75) is 20.8 Å². The van der Waals surface area contributed by atoms with Crippen LogP contribution in [0.3, 0.4) is 0 Å². The summed E-state index contributed by atoms with van der Waals surface area (Å²) in [5.41, 5.74) is 1.46. The summed E-state index contributed by atoms with van der Waals surface area (Å²) in [4.78, 5) is 0. The summed E-state index contributed by atoms with van der Waals surface area (Å²) in [5.74, 6) is 0.719. The van der Waals surface area contributed by atoms with Crippen LogP contribution in [0.2, 0.25) is 0 Å². The fourth-order valence-electron chi connectivity index (χ4n) is 0.126. The molecule has 0 saturated heterocycles. The van der Waals surface area contributed by atoms with Gasteiger partial charge >= 0.3 is 0 Å². The number of halogens is 1. The molecule has 0 atom stereocenters. The maximum atomic E-state index is 2.27. The van der Waals surface area contributed by atoms with Gasteiger partial charge in [0, 0.05) is 0 Å². The molecule has 0 heterocycles. The van der Waals surface area contributed by atoms with E-state index in [1.807, 2.05) is 0 Å². The number of allylic oxidation sites excluding steroid dienone is 1. The molecule has 42 valence electrons. The highest BCUT2D eigenvalue weighted by molar-refractivity contribution is 14.1. The summed E-state index contributed by atoms with van der Waals surface area (Å²) < 4.78 is 2.13. The van der Waals surface area contributed by atoms with Crippen LogP contribution in [-0.2, 0) is 0 Å². The van der Waals surface area contributed by atoms with Gasteiger partial charge in [-0.15, -0.1) is 0 Å². The molecule has 0 aliphatic carbocycles. The SMILES string of the molecule is C/C(=C\I)C(C)C. The Morgan fingerprint density at radius 2 is 2.00 bits per heavy atom. The molecule has 0 aliphatic heterocycles. The molecule has 0 amide bonds. The third-order valence-corrected chi connectivity index (χ3v) is 2.07. The van der Waals surface area contributed by atoms with Crippen LogP contribution in [0.25, 0.3) is 0 Å². The number of hydrogen-bond donors (Lipinski definition) is 0. The van der Waals surface area contributed by atoms with Crippen LogP contribution in [0.15, 0.2) is 9.66 Å². The summed E-state index contributed by atoms with van der Waals surface area (Å²) in [5, 5.41) is 0. The van der Waals surface area contributed by atoms with Gasteiger partial charge in [0.1, 0.15) is 0 Å². The Hall–Kier alpha value is 0.470. The van der Waals surface area contributed by atoms with Crippen molar-refractivity contribution in [1.82, 2.24) is 0 Å². The van der Waals surface area contributed by atoms with Gasteiger partial charge in [-0.3, -0.25) is 0 Å². The van der Waals surface area contributed by atoms with Gasteiger partial charge in [-0.25, -0.2) is 0 Å². The second kappa shape index (κ2) is 3.47. The molecular weight excluding hydrogens is 199 g/mol. The highest BCUT2D eigenvalue weighted by atomic mass is 127. The van der Waals surface area contributed by atoms with Crippen LogP contribution in [0.5, 0.6) is 0 Å². The van der Waals surface area contributed by atoms with Gasteiger partial charge in [0.25, 0.3) is 0 Å². The minimum absolute atomic E-state index is 0.719. The first-order valence-electron chi connectivity index (χ1n) is 2.45. The molecule has 0 radical (unpaired) electrons. The van der Waals surface area contributed by atoms with Gasteiger partial charge in [-0.2, -0.15) is 0 Å². The summed E-state index contributed by atoms with van der Waals surface area (Å²) in [7, 11) is 0. The van der Waals surface area contributed by atoms with E-state index in [1.54, 1.807) is 0 Å². The molecule has 0 rings (SSSR count).